The van der Waals surface area contributed by atoms with Crippen molar-refractivity contribution in [3.8, 4) is 0 Å². The summed E-state index contributed by atoms with van der Waals surface area (Å²) in [7, 11) is 0. The molecule has 1 aliphatic heterocycles. The summed E-state index contributed by atoms with van der Waals surface area (Å²) in [6.45, 7) is 2.41. The number of ketones is 1. The van der Waals surface area contributed by atoms with Gasteiger partial charge in [-0.05, 0) is 42.8 Å². The van der Waals surface area contributed by atoms with Crippen molar-refractivity contribution >= 4 is 40.0 Å². The molecule has 0 unspecified atom stereocenters. The number of carbonyl (C=O) groups is 1. The average Bonchev–Trinajstić information content (AvgIpc) is 3.09. The lowest BCUT2D eigenvalue weighted by Gasteiger charge is -2.23. The quantitative estimate of drug-likeness (QED) is 0.712. The van der Waals surface area contributed by atoms with E-state index in [0.29, 0.717) is 16.6 Å². The van der Waals surface area contributed by atoms with Crippen molar-refractivity contribution in [2.75, 3.05) is 17.2 Å². The fourth-order valence-corrected chi connectivity index (χ4v) is 3.83. The highest BCUT2D eigenvalue weighted by molar-refractivity contribution is 8.14. The second kappa shape index (κ2) is 7.86. The normalized spacial score (nSPS) is 16.8. The molecule has 2 aromatic carbocycles. The van der Waals surface area contributed by atoms with Crippen LogP contribution in [0.25, 0.3) is 0 Å². The molecule has 2 aromatic rings. The summed E-state index contributed by atoms with van der Waals surface area (Å²) >= 11 is 7.63. The number of para-hydroxylation sites is 1. The Morgan fingerprint density at radius 3 is 2.54 bits per heavy atom. The van der Waals surface area contributed by atoms with Crippen LogP contribution in [-0.4, -0.2) is 29.3 Å². The van der Waals surface area contributed by atoms with Gasteiger partial charge in [0.1, 0.15) is 0 Å². The topological polar surface area (TPSA) is 32.7 Å². The van der Waals surface area contributed by atoms with Crippen LogP contribution >= 0.6 is 23.4 Å². The van der Waals surface area contributed by atoms with Crippen LogP contribution in [0.15, 0.2) is 59.6 Å². The third kappa shape index (κ3) is 4.00. The van der Waals surface area contributed by atoms with Crippen molar-refractivity contribution in [3.63, 3.8) is 0 Å². The van der Waals surface area contributed by atoms with Gasteiger partial charge in [0, 0.05) is 22.0 Å². The number of carbonyl (C=O) groups excluding carboxylic acids is 1. The van der Waals surface area contributed by atoms with Gasteiger partial charge in [0.2, 0.25) is 0 Å². The van der Waals surface area contributed by atoms with Gasteiger partial charge in [-0.3, -0.25) is 9.79 Å². The van der Waals surface area contributed by atoms with Gasteiger partial charge >= 0.3 is 0 Å². The Morgan fingerprint density at radius 2 is 1.92 bits per heavy atom. The van der Waals surface area contributed by atoms with Crippen LogP contribution in [0.5, 0.6) is 0 Å². The summed E-state index contributed by atoms with van der Waals surface area (Å²) in [5.41, 5.74) is 1.65. The molecule has 3 nitrogen and oxygen atoms in total. The van der Waals surface area contributed by atoms with Crippen LogP contribution in [0, 0.1) is 0 Å². The molecule has 0 aromatic heterocycles. The van der Waals surface area contributed by atoms with Crippen LogP contribution in [0.4, 0.5) is 5.69 Å². The molecule has 1 atom stereocenters. The summed E-state index contributed by atoms with van der Waals surface area (Å²) in [6, 6.07) is 17.3. The smallest absolute Gasteiger partial charge is 0.182 e. The first-order valence-corrected chi connectivity index (χ1v) is 9.35. The number of thioether (sulfide) groups is 1. The summed E-state index contributed by atoms with van der Waals surface area (Å²) < 4.78 is 0. The maximum absolute atomic E-state index is 12.7. The number of aliphatic imine (C=N–C) groups is 1. The lowest BCUT2D eigenvalue weighted by atomic mass is 10.1. The molecule has 0 fully saturated rings. The number of halogens is 1. The molecule has 3 rings (SSSR count). The zero-order chi connectivity index (χ0) is 16.9. The van der Waals surface area contributed by atoms with Gasteiger partial charge in [0.05, 0.1) is 12.6 Å². The lowest BCUT2D eigenvalue weighted by Crippen LogP contribution is -2.33. The fourth-order valence-electron chi connectivity index (χ4n) is 2.51. The summed E-state index contributed by atoms with van der Waals surface area (Å²) in [5.74, 6) is 1.03. The van der Waals surface area contributed by atoms with Crippen molar-refractivity contribution < 1.29 is 4.79 Å². The van der Waals surface area contributed by atoms with Gasteiger partial charge in [-0.15, -0.1) is 0 Å². The Bertz CT molecular complexity index is 731. The fraction of sp³-hybridized carbons (Fsp3) is 0.263. The predicted molar refractivity (Wildman–Crippen MR) is 104 cm³/mol. The van der Waals surface area contributed by atoms with E-state index >= 15 is 0 Å². The Morgan fingerprint density at radius 1 is 1.21 bits per heavy atom. The molecule has 124 valence electrons. The van der Waals surface area contributed by atoms with Gasteiger partial charge in [0.25, 0.3) is 0 Å². The minimum absolute atomic E-state index is 0.0544. The van der Waals surface area contributed by atoms with Crippen LogP contribution in [0.1, 0.15) is 23.7 Å². The number of anilines is 1. The summed E-state index contributed by atoms with van der Waals surface area (Å²) in [4.78, 5) is 19.5. The SMILES string of the molecule is CC[C@@H]1CSC(N(CC(=O)c2ccc(Cl)cc2)c2ccccc2)=N1. The third-order valence-corrected chi connectivity index (χ3v) is 5.32. The second-order valence-corrected chi connectivity index (χ2v) is 7.06. The molecule has 0 radical (unpaired) electrons. The monoisotopic (exact) mass is 358 g/mol. The van der Waals surface area contributed by atoms with E-state index in [-0.39, 0.29) is 12.3 Å². The van der Waals surface area contributed by atoms with Gasteiger partial charge in [-0.1, -0.05) is 48.5 Å². The second-order valence-electron chi connectivity index (χ2n) is 5.64. The Labute approximate surface area is 151 Å². The molecule has 0 saturated heterocycles. The molecule has 24 heavy (non-hydrogen) atoms. The molecule has 0 saturated carbocycles. The molecular weight excluding hydrogens is 340 g/mol. The standard InChI is InChI=1S/C19H19ClN2OS/c1-2-16-13-24-19(21-16)22(17-6-4-3-5-7-17)12-18(23)14-8-10-15(20)11-9-14/h3-11,16H,2,12-13H2,1H3/t16-/m1/s1. The van der Waals surface area contributed by atoms with Gasteiger partial charge in [-0.25, -0.2) is 0 Å². The first-order chi connectivity index (χ1) is 11.7. The number of hydrogen-bond acceptors (Lipinski definition) is 4. The highest BCUT2D eigenvalue weighted by Gasteiger charge is 2.24. The highest BCUT2D eigenvalue weighted by Crippen LogP contribution is 2.27. The third-order valence-electron chi connectivity index (χ3n) is 3.94. The molecular formula is C19H19ClN2OS. The number of nitrogens with zero attached hydrogens (tertiary/aromatic N) is 2. The van der Waals surface area contributed by atoms with Crippen LogP contribution in [0.2, 0.25) is 5.02 Å². The van der Waals surface area contributed by atoms with Gasteiger partial charge < -0.3 is 4.90 Å². The van der Waals surface area contributed by atoms with Crippen LogP contribution in [0.3, 0.4) is 0 Å². The number of Topliss-reactive ketones (excluding diaryl/α,β-unsaturated/α-hetero) is 1. The Kier molecular flexibility index (Phi) is 5.59. The molecule has 0 aliphatic carbocycles. The van der Waals surface area contributed by atoms with E-state index in [0.717, 1.165) is 23.0 Å². The molecule has 5 heteroatoms. The van der Waals surface area contributed by atoms with E-state index < -0.39 is 0 Å². The zero-order valence-electron chi connectivity index (χ0n) is 13.5. The summed E-state index contributed by atoms with van der Waals surface area (Å²) in [5, 5.41) is 1.56. The van der Waals surface area contributed by atoms with Crippen molar-refractivity contribution in [1.29, 1.82) is 0 Å². The predicted octanol–water partition coefficient (Wildman–Crippen LogP) is 4.91. The first kappa shape index (κ1) is 17.1. The zero-order valence-corrected chi connectivity index (χ0v) is 15.1. The highest BCUT2D eigenvalue weighted by atomic mass is 35.5. The van der Waals surface area contributed by atoms with Crippen molar-refractivity contribution in [2.24, 2.45) is 4.99 Å². The maximum atomic E-state index is 12.7. The van der Waals surface area contributed by atoms with Gasteiger partial charge in [0.15, 0.2) is 11.0 Å². The minimum atomic E-state index is 0.0544. The van der Waals surface area contributed by atoms with E-state index in [4.69, 9.17) is 16.6 Å². The average molecular weight is 359 g/mol. The molecule has 1 heterocycles. The molecule has 0 bridgehead atoms. The largest absolute Gasteiger partial charge is 0.313 e. The number of benzene rings is 2. The molecule has 0 N–H and O–H groups in total. The first-order valence-electron chi connectivity index (χ1n) is 7.99. The molecule has 1 aliphatic rings. The number of rotatable bonds is 5. The van der Waals surface area contributed by atoms with Crippen LogP contribution in [-0.2, 0) is 0 Å². The van der Waals surface area contributed by atoms with E-state index in [9.17, 15) is 4.79 Å². The molecule has 0 amide bonds. The minimum Gasteiger partial charge on any atom is -0.313 e. The van der Waals surface area contributed by atoms with Gasteiger partial charge in [-0.2, -0.15) is 0 Å². The molecule has 0 spiro atoms. The number of hydrogen-bond donors (Lipinski definition) is 0. The summed E-state index contributed by atoms with van der Waals surface area (Å²) in [6.07, 6.45) is 1.02. The van der Waals surface area contributed by atoms with E-state index in [1.165, 1.54) is 0 Å². The van der Waals surface area contributed by atoms with Crippen molar-refractivity contribution in [3.05, 3.63) is 65.2 Å². The van der Waals surface area contributed by atoms with E-state index in [1.807, 2.05) is 35.2 Å². The Hall–Kier alpha value is -1.78. The number of amidine groups is 1. The van der Waals surface area contributed by atoms with E-state index in [2.05, 4.69) is 6.92 Å². The van der Waals surface area contributed by atoms with E-state index in [1.54, 1.807) is 36.0 Å². The van der Waals surface area contributed by atoms with Crippen LogP contribution < -0.4 is 4.90 Å². The Balaban J connectivity index is 1.85. The van der Waals surface area contributed by atoms with Crippen molar-refractivity contribution in [2.45, 2.75) is 19.4 Å². The maximum Gasteiger partial charge on any atom is 0.182 e. The lowest BCUT2D eigenvalue weighted by molar-refractivity contribution is 0.100. The van der Waals surface area contributed by atoms with Crippen molar-refractivity contribution in [1.82, 2.24) is 0 Å².